The van der Waals surface area contributed by atoms with Gasteiger partial charge in [0.15, 0.2) is 5.96 Å². The second kappa shape index (κ2) is 8.13. The average Bonchev–Trinajstić information content (AvgIpc) is 2.99. The Kier molecular flexibility index (Phi) is 6.19. The Balaban J connectivity index is 2.00. The van der Waals surface area contributed by atoms with Crippen LogP contribution in [0.5, 0.6) is 0 Å². The summed E-state index contributed by atoms with van der Waals surface area (Å²) in [6.45, 7) is 7.71. The van der Waals surface area contributed by atoms with E-state index in [2.05, 4.69) is 15.2 Å². The lowest BCUT2D eigenvalue weighted by Gasteiger charge is -2.24. The Morgan fingerprint density at radius 1 is 1.50 bits per heavy atom. The van der Waals surface area contributed by atoms with Crippen molar-refractivity contribution in [1.82, 2.24) is 10.2 Å². The van der Waals surface area contributed by atoms with Crippen LogP contribution in [0.1, 0.15) is 24.5 Å². The first kappa shape index (κ1) is 16.7. The van der Waals surface area contributed by atoms with Crippen LogP contribution in [0.4, 0.5) is 4.39 Å². The fourth-order valence-corrected chi connectivity index (χ4v) is 2.57. The zero-order valence-electron chi connectivity index (χ0n) is 13.7. The summed E-state index contributed by atoms with van der Waals surface area (Å²) in [6, 6.07) is 5.29. The van der Waals surface area contributed by atoms with Crippen LogP contribution in [-0.4, -0.2) is 44.2 Å². The molecular weight excluding hydrogens is 281 g/mol. The number of nitrogens with zero attached hydrogens (tertiary/aromatic N) is 2. The second-order valence-corrected chi connectivity index (χ2v) is 5.86. The second-order valence-electron chi connectivity index (χ2n) is 5.86. The summed E-state index contributed by atoms with van der Waals surface area (Å²) in [6.07, 6.45) is 1.10. The van der Waals surface area contributed by atoms with Gasteiger partial charge in [-0.1, -0.05) is 12.1 Å². The molecule has 4 nitrogen and oxygen atoms in total. The number of rotatable bonds is 5. The molecule has 0 radical (unpaired) electrons. The molecular formula is C17H26FN3O. The van der Waals surface area contributed by atoms with Crippen LogP contribution in [0, 0.1) is 18.7 Å². The van der Waals surface area contributed by atoms with Gasteiger partial charge >= 0.3 is 0 Å². The molecule has 0 saturated carbocycles. The van der Waals surface area contributed by atoms with Gasteiger partial charge in [0.25, 0.3) is 0 Å². The largest absolute Gasteiger partial charge is 0.381 e. The molecule has 1 N–H and O–H groups in total. The minimum Gasteiger partial charge on any atom is -0.381 e. The normalized spacial score (nSPS) is 18.5. The standard InChI is InChI=1S/C17H26FN3O/c1-4-19-17(21(3)11-15-7-8-22-12-15)20-10-14-6-5-13(2)16(18)9-14/h5-6,9,15H,4,7-8,10-12H2,1-3H3,(H,19,20). The number of aryl methyl sites for hydroxylation is 1. The first-order chi connectivity index (χ1) is 10.6. The van der Waals surface area contributed by atoms with Gasteiger partial charge in [-0.3, -0.25) is 0 Å². The van der Waals surface area contributed by atoms with E-state index in [1.807, 2.05) is 20.0 Å². The maximum absolute atomic E-state index is 13.6. The van der Waals surface area contributed by atoms with Crippen LogP contribution in [0.3, 0.4) is 0 Å². The minimum atomic E-state index is -0.172. The van der Waals surface area contributed by atoms with Crippen molar-refractivity contribution in [2.24, 2.45) is 10.9 Å². The van der Waals surface area contributed by atoms with Gasteiger partial charge < -0.3 is 15.0 Å². The van der Waals surface area contributed by atoms with E-state index in [0.717, 1.165) is 44.2 Å². The highest BCUT2D eigenvalue weighted by Crippen LogP contribution is 2.14. The molecule has 122 valence electrons. The number of aliphatic imine (C=N–C) groups is 1. The number of hydrogen-bond acceptors (Lipinski definition) is 2. The van der Waals surface area contributed by atoms with E-state index in [-0.39, 0.29) is 5.82 Å². The van der Waals surface area contributed by atoms with E-state index in [1.54, 1.807) is 19.1 Å². The molecule has 1 heterocycles. The molecule has 1 saturated heterocycles. The van der Waals surface area contributed by atoms with Gasteiger partial charge in [-0.05, 0) is 37.5 Å². The summed E-state index contributed by atoms with van der Waals surface area (Å²) in [4.78, 5) is 6.75. The van der Waals surface area contributed by atoms with Crippen LogP contribution in [-0.2, 0) is 11.3 Å². The first-order valence-corrected chi connectivity index (χ1v) is 7.92. The topological polar surface area (TPSA) is 36.9 Å². The molecule has 0 amide bonds. The molecule has 0 spiro atoms. The van der Waals surface area contributed by atoms with Gasteiger partial charge in [0.2, 0.25) is 0 Å². The highest BCUT2D eigenvalue weighted by Gasteiger charge is 2.19. The molecule has 0 bridgehead atoms. The summed E-state index contributed by atoms with van der Waals surface area (Å²) in [7, 11) is 2.04. The number of hydrogen-bond donors (Lipinski definition) is 1. The lowest BCUT2D eigenvalue weighted by molar-refractivity contribution is 0.181. The highest BCUT2D eigenvalue weighted by molar-refractivity contribution is 5.79. The van der Waals surface area contributed by atoms with Gasteiger partial charge in [-0.15, -0.1) is 0 Å². The molecule has 1 aliphatic heterocycles. The first-order valence-electron chi connectivity index (χ1n) is 7.92. The van der Waals surface area contributed by atoms with Crippen molar-refractivity contribution in [1.29, 1.82) is 0 Å². The van der Waals surface area contributed by atoms with E-state index in [4.69, 9.17) is 4.74 Å². The predicted molar refractivity (Wildman–Crippen MR) is 87.5 cm³/mol. The number of guanidine groups is 1. The van der Waals surface area contributed by atoms with Gasteiger partial charge in [-0.25, -0.2) is 9.38 Å². The van der Waals surface area contributed by atoms with Gasteiger partial charge in [-0.2, -0.15) is 0 Å². The quantitative estimate of drug-likeness (QED) is 0.671. The molecule has 1 fully saturated rings. The van der Waals surface area contributed by atoms with E-state index in [9.17, 15) is 4.39 Å². The number of ether oxygens (including phenoxy) is 1. The van der Waals surface area contributed by atoms with Crippen LogP contribution >= 0.6 is 0 Å². The number of benzene rings is 1. The lowest BCUT2D eigenvalue weighted by Crippen LogP contribution is -2.41. The van der Waals surface area contributed by atoms with Gasteiger partial charge in [0, 0.05) is 32.7 Å². The molecule has 22 heavy (non-hydrogen) atoms. The Labute approximate surface area is 132 Å². The van der Waals surface area contributed by atoms with Crippen molar-refractivity contribution in [3.8, 4) is 0 Å². The predicted octanol–water partition coefficient (Wildman–Crippen LogP) is 2.57. The summed E-state index contributed by atoms with van der Waals surface area (Å²) in [5.74, 6) is 1.25. The van der Waals surface area contributed by atoms with Crippen LogP contribution in [0.25, 0.3) is 0 Å². The fourth-order valence-electron chi connectivity index (χ4n) is 2.57. The van der Waals surface area contributed by atoms with Crippen LogP contribution < -0.4 is 5.32 Å². The smallest absolute Gasteiger partial charge is 0.193 e. The SMILES string of the molecule is CCNC(=NCc1ccc(C)c(F)c1)N(C)CC1CCOC1. The lowest BCUT2D eigenvalue weighted by atomic mass is 10.1. The van der Waals surface area contributed by atoms with Crippen molar-refractivity contribution in [3.63, 3.8) is 0 Å². The van der Waals surface area contributed by atoms with Crippen molar-refractivity contribution in [3.05, 3.63) is 35.1 Å². The molecule has 1 aromatic carbocycles. The van der Waals surface area contributed by atoms with Gasteiger partial charge in [0.05, 0.1) is 13.2 Å². The third-order valence-corrected chi connectivity index (χ3v) is 3.90. The van der Waals surface area contributed by atoms with Gasteiger partial charge in [0.1, 0.15) is 5.82 Å². The number of halogens is 1. The maximum Gasteiger partial charge on any atom is 0.193 e. The van der Waals surface area contributed by atoms with Crippen molar-refractivity contribution >= 4 is 5.96 Å². The molecule has 0 aromatic heterocycles. The summed E-state index contributed by atoms with van der Waals surface area (Å²) >= 11 is 0. The van der Waals surface area contributed by atoms with Crippen molar-refractivity contribution < 1.29 is 9.13 Å². The molecule has 5 heteroatoms. The molecule has 1 atom stereocenters. The Hall–Kier alpha value is -1.62. The summed E-state index contributed by atoms with van der Waals surface area (Å²) < 4.78 is 19.0. The van der Waals surface area contributed by atoms with E-state index < -0.39 is 0 Å². The fraction of sp³-hybridized carbons (Fsp3) is 0.588. The van der Waals surface area contributed by atoms with E-state index in [0.29, 0.717) is 18.0 Å². The highest BCUT2D eigenvalue weighted by atomic mass is 19.1. The maximum atomic E-state index is 13.6. The third kappa shape index (κ3) is 4.70. The summed E-state index contributed by atoms with van der Waals surface area (Å²) in [5, 5.41) is 3.29. The van der Waals surface area contributed by atoms with Crippen LogP contribution in [0.15, 0.2) is 23.2 Å². The average molecular weight is 307 g/mol. The summed E-state index contributed by atoms with van der Waals surface area (Å²) in [5.41, 5.74) is 1.55. The minimum absolute atomic E-state index is 0.172. The third-order valence-electron chi connectivity index (χ3n) is 3.90. The molecule has 0 aliphatic carbocycles. The zero-order chi connectivity index (χ0) is 15.9. The Morgan fingerprint density at radius 3 is 2.95 bits per heavy atom. The molecule has 2 rings (SSSR count). The van der Waals surface area contributed by atoms with E-state index in [1.165, 1.54) is 0 Å². The molecule has 1 unspecified atom stereocenters. The molecule has 1 aromatic rings. The number of nitrogens with one attached hydrogen (secondary N) is 1. The zero-order valence-corrected chi connectivity index (χ0v) is 13.7. The Bertz CT molecular complexity index is 513. The monoisotopic (exact) mass is 307 g/mol. The Morgan fingerprint density at radius 2 is 2.32 bits per heavy atom. The van der Waals surface area contributed by atoms with E-state index >= 15 is 0 Å². The van der Waals surface area contributed by atoms with Crippen LogP contribution in [0.2, 0.25) is 0 Å². The van der Waals surface area contributed by atoms with Crippen molar-refractivity contribution in [2.75, 3.05) is 33.4 Å². The molecule has 1 aliphatic rings. The van der Waals surface area contributed by atoms with Crippen molar-refractivity contribution in [2.45, 2.75) is 26.8 Å².